The van der Waals surface area contributed by atoms with E-state index >= 15 is 0 Å². The van der Waals surface area contributed by atoms with E-state index < -0.39 is 0 Å². The van der Waals surface area contributed by atoms with Gasteiger partial charge in [0, 0.05) is 18.6 Å². The van der Waals surface area contributed by atoms with E-state index in [-0.39, 0.29) is 0 Å². The molecule has 0 radical (unpaired) electrons. The second kappa shape index (κ2) is 5.13. The van der Waals surface area contributed by atoms with E-state index in [1.54, 1.807) is 0 Å². The lowest BCUT2D eigenvalue weighted by molar-refractivity contribution is 0.0943. The van der Waals surface area contributed by atoms with Gasteiger partial charge >= 0.3 is 0 Å². The number of nitrogens with two attached hydrogens (primary N) is 1. The predicted molar refractivity (Wildman–Crippen MR) is 62.2 cm³/mol. The van der Waals surface area contributed by atoms with Crippen LogP contribution < -0.4 is 5.73 Å². The van der Waals surface area contributed by atoms with E-state index in [2.05, 4.69) is 32.6 Å². The van der Waals surface area contributed by atoms with Crippen LogP contribution in [0.5, 0.6) is 0 Å². The van der Waals surface area contributed by atoms with Crippen LogP contribution in [0.15, 0.2) is 0 Å². The van der Waals surface area contributed by atoms with Gasteiger partial charge in [0.1, 0.15) is 0 Å². The fourth-order valence-electron chi connectivity index (χ4n) is 2.27. The molecule has 1 aliphatic heterocycles. The van der Waals surface area contributed by atoms with E-state index in [1.165, 1.54) is 25.9 Å². The van der Waals surface area contributed by atoms with E-state index in [9.17, 15) is 0 Å². The topological polar surface area (TPSA) is 29.3 Å². The Morgan fingerprint density at radius 2 is 2.07 bits per heavy atom. The van der Waals surface area contributed by atoms with Gasteiger partial charge in [-0.3, -0.25) is 0 Å². The smallest absolute Gasteiger partial charge is 0.00925 e. The second-order valence-electron chi connectivity index (χ2n) is 5.05. The van der Waals surface area contributed by atoms with Crippen molar-refractivity contribution in [3.63, 3.8) is 0 Å². The number of hydrogen-bond donors (Lipinski definition) is 1. The van der Waals surface area contributed by atoms with Gasteiger partial charge in [-0.15, -0.1) is 0 Å². The fraction of sp³-hybridized carbons (Fsp3) is 1.00. The fourth-order valence-corrected chi connectivity index (χ4v) is 2.27. The Hall–Kier alpha value is -0.0800. The Morgan fingerprint density at radius 3 is 2.57 bits per heavy atom. The van der Waals surface area contributed by atoms with Crippen molar-refractivity contribution in [3.05, 3.63) is 0 Å². The molecule has 0 spiro atoms. The summed E-state index contributed by atoms with van der Waals surface area (Å²) in [6, 6.07) is 1.14. The summed E-state index contributed by atoms with van der Waals surface area (Å²) in [5, 5.41) is 0. The van der Waals surface area contributed by atoms with Crippen LogP contribution in [0.1, 0.15) is 40.5 Å². The second-order valence-corrected chi connectivity index (χ2v) is 5.05. The zero-order valence-electron chi connectivity index (χ0n) is 10.2. The Morgan fingerprint density at radius 1 is 1.43 bits per heavy atom. The molecule has 0 aliphatic carbocycles. The summed E-state index contributed by atoms with van der Waals surface area (Å²) in [7, 11) is 0. The third-order valence-electron chi connectivity index (χ3n) is 4.05. The van der Waals surface area contributed by atoms with Gasteiger partial charge in [0.2, 0.25) is 0 Å². The highest BCUT2D eigenvalue weighted by molar-refractivity contribution is 4.84. The third kappa shape index (κ3) is 2.71. The van der Waals surface area contributed by atoms with Gasteiger partial charge in [-0.05, 0) is 31.7 Å². The molecule has 4 unspecified atom stereocenters. The van der Waals surface area contributed by atoms with Crippen LogP contribution in [0.3, 0.4) is 0 Å². The third-order valence-corrected chi connectivity index (χ3v) is 4.05. The van der Waals surface area contributed by atoms with Crippen LogP contribution in [0.4, 0.5) is 0 Å². The average Bonchev–Trinajstić information content (AvgIpc) is 2.20. The van der Waals surface area contributed by atoms with Gasteiger partial charge < -0.3 is 10.6 Å². The predicted octanol–water partition coefficient (Wildman–Crippen LogP) is 2.09. The number of nitrogens with zero attached hydrogens (tertiary/aromatic N) is 1. The minimum absolute atomic E-state index is 0.426. The van der Waals surface area contributed by atoms with Gasteiger partial charge in [-0.1, -0.05) is 27.2 Å². The molecule has 4 atom stereocenters. The standard InChI is InChI=1S/C12H26N2/c1-5-9(2)11(4)14-7-6-12(13)10(3)8-14/h9-12H,5-8,13H2,1-4H3. The summed E-state index contributed by atoms with van der Waals surface area (Å²) in [4.78, 5) is 2.61. The summed E-state index contributed by atoms with van der Waals surface area (Å²) in [5.41, 5.74) is 6.02. The van der Waals surface area contributed by atoms with Crippen LogP contribution in [-0.4, -0.2) is 30.1 Å². The molecule has 0 amide bonds. The van der Waals surface area contributed by atoms with Crippen LogP contribution in [0.2, 0.25) is 0 Å². The normalized spacial score (nSPS) is 34.1. The lowest BCUT2D eigenvalue weighted by Crippen LogP contribution is -2.50. The Labute approximate surface area is 88.8 Å². The van der Waals surface area contributed by atoms with Crippen LogP contribution in [0, 0.1) is 11.8 Å². The highest BCUT2D eigenvalue weighted by Gasteiger charge is 2.27. The molecule has 0 aromatic carbocycles. The number of piperidine rings is 1. The molecule has 2 nitrogen and oxygen atoms in total. The monoisotopic (exact) mass is 198 g/mol. The first-order chi connectivity index (χ1) is 6.56. The molecule has 14 heavy (non-hydrogen) atoms. The van der Waals surface area contributed by atoms with Gasteiger partial charge in [-0.2, -0.15) is 0 Å². The quantitative estimate of drug-likeness (QED) is 0.752. The lowest BCUT2D eigenvalue weighted by Gasteiger charge is -2.40. The van der Waals surface area contributed by atoms with Crippen LogP contribution in [-0.2, 0) is 0 Å². The van der Waals surface area contributed by atoms with Crippen molar-refractivity contribution in [2.24, 2.45) is 17.6 Å². The maximum Gasteiger partial charge on any atom is 0.00925 e. The van der Waals surface area contributed by atoms with E-state index in [1.807, 2.05) is 0 Å². The van der Waals surface area contributed by atoms with Gasteiger partial charge in [0.15, 0.2) is 0 Å². The van der Waals surface area contributed by atoms with E-state index in [0.717, 1.165) is 12.0 Å². The molecule has 0 saturated carbocycles. The highest BCUT2D eigenvalue weighted by Crippen LogP contribution is 2.21. The van der Waals surface area contributed by atoms with E-state index in [0.29, 0.717) is 12.0 Å². The lowest BCUT2D eigenvalue weighted by atomic mass is 9.91. The zero-order chi connectivity index (χ0) is 10.7. The van der Waals surface area contributed by atoms with Crippen LogP contribution >= 0.6 is 0 Å². The van der Waals surface area contributed by atoms with Crippen molar-refractivity contribution < 1.29 is 0 Å². The van der Waals surface area contributed by atoms with Gasteiger partial charge in [0.05, 0.1) is 0 Å². The molecule has 84 valence electrons. The minimum atomic E-state index is 0.426. The van der Waals surface area contributed by atoms with E-state index in [4.69, 9.17) is 5.73 Å². The molecule has 2 N–H and O–H groups in total. The number of rotatable bonds is 3. The Kier molecular flexibility index (Phi) is 4.39. The van der Waals surface area contributed by atoms with Gasteiger partial charge in [-0.25, -0.2) is 0 Å². The summed E-state index contributed by atoms with van der Waals surface area (Å²) in [6.45, 7) is 11.6. The number of likely N-dealkylation sites (tertiary alicyclic amines) is 1. The summed E-state index contributed by atoms with van der Waals surface area (Å²) in [6.07, 6.45) is 2.44. The van der Waals surface area contributed by atoms with Crippen molar-refractivity contribution in [1.29, 1.82) is 0 Å². The van der Waals surface area contributed by atoms with Crippen LogP contribution in [0.25, 0.3) is 0 Å². The first-order valence-corrected chi connectivity index (χ1v) is 6.05. The average molecular weight is 198 g/mol. The van der Waals surface area contributed by atoms with Gasteiger partial charge in [0.25, 0.3) is 0 Å². The molecule has 0 bridgehead atoms. The number of hydrogen-bond acceptors (Lipinski definition) is 2. The first-order valence-electron chi connectivity index (χ1n) is 6.05. The molecule has 0 aromatic rings. The zero-order valence-corrected chi connectivity index (χ0v) is 10.2. The molecule has 1 aliphatic rings. The summed E-state index contributed by atoms with van der Waals surface area (Å²) < 4.78 is 0. The van der Waals surface area contributed by atoms with Crippen molar-refractivity contribution in [3.8, 4) is 0 Å². The van der Waals surface area contributed by atoms with Crippen molar-refractivity contribution in [1.82, 2.24) is 4.90 Å². The first kappa shape index (κ1) is 12.0. The molecule has 2 heteroatoms. The molecule has 1 rings (SSSR count). The SMILES string of the molecule is CCC(C)C(C)N1CCC(N)C(C)C1. The Balaban J connectivity index is 2.45. The molecule has 0 aromatic heterocycles. The molecular weight excluding hydrogens is 172 g/mol. The van der Waals surface area contributed by atoms with Crippen molar-refractivity contribution in [2.45, 2.75) is 52.6 Å². The largest absolute Gasteiger partial charge is 0.327 e. The van der Waals surface area contributed by atoms with Crippen molar-refractivity contribution in [2.75, 3.05) is 13.1 Å². The summed E-state index contributed by atoms with van der Waals surface area (Å²) in [5.74, 6) is 1.46. The molecular formula is C12H26N2. The summed E-state index contributed by atoms with van der Waals surface area (Å²) >= 11 is 0. The molecule has 1 heterocycles. The molecule has 1 fully saturated rings. The van der Waals surface area contributed by atoms with Crippen molar-refractivity contribution >= 4 is 0 Å². The highest BCUT2D eigenvalue weighted by atomic mass is 15.2. The molecule has 1 saturated heterocycles. The Bertz CT molecular complexity index is 170. The minimum Gasteiger partial charge on any atom is -0.327 e. The maximum atomic E-state index is 6.02. The maximum absolute atomic E-state index is 6.02.